The lowest BCUT2D eigenvalue weighted by atomic mass is 10.0. The van der Waals surface area contributed by atoms with Crippen LogP contribution in [0.1, 0.15) is 17.8 Å². The average molecular weight is 403 g/mol. The molecule has 1 N–H and O–H groups in total. The van der Waals surface area contributed by atoms with Crippen molar-refractivity contribution in [1.29, 1.82) is 0 Å². The molecule has 1 aliphatic heterocycles. The van der Waals surface area contributed by atoms with Gasteiger partial charge >= 0.3 is 12.1 Å². The standard InChI is InChI=1S/C15H23N5O.C2HF3O2/c1-18-7-5-16-15(18)11-20-6-4-14(21-3)13(20)8-12-9-17-19(2)10-12;3-2(4,5)1(6)7/h5,7,9-10,13-14H,4,6,8,11H2,1-3H3;(H,6,7)/t13-,14+;/m0./s1. The van der Waals surface area contributed by atoms with Gasteiger partial charge < -0.3 is 14.4 Å². The molecule has 0 radical (unpaired) electrons. The minimum atomic E-state index is -5.08. The number of hydrogen-bond acceptors (Lipinski definition) is 5. The summed E-state index contributed by atoms with van der Waals surface area (Å²) in [5.41, 5.74) is 1.26. The van der Waals surface area contributed by atoms with E-state index in [1.807, 2.05) is 44.5 Å². The fourth-order valence-corrected chi connectivity index (χ4v) is 3.17. The molecule has 1 aliphatic rings. The van der Waals surface area contributed by atoms with E-state index in [0.717, 1.165) is 31.8 Å². The normalized spacial score (nSPS) is 20.1. The van der Waals surface area contributed by atoms with E-state index >= 15 is 0 Å². The summed E-state index contributed by atoms with van der Waals surface area (Å²) in [6, 6.07) is 0.385. The zero-order chi connectivity index (χ0) is 20.9. The van der Waals surface area contributed by atoms with E-state index in [0.29, 0.717) is 6.04 Å². The monoisotopic (exact) mass is 403 g/mol. The number of nitrogens with zero attached hydrogens (tertiary/aromatic N) is 5. The second-order valence-electron chi connectivity index (χ2n) is 6.58. The molecule has 0 saturated carbocycles. The van der Waals surface area contributed by atoms with E-state index in [9.17, 15) is 13.2 Å². The Bertz CT molecular complexity index is 774. The SMILES string of the molecule is CO[C@@H]1CCN(Cc2nccn2C)[C@H]1Cc1cnn(C)c1.O=C(O)C(F)(F)F. The Morgan fingerprint density at radius 1 is 1.39 bits per heavy atom. The van der Waals surface area contributed by atoms with Gasteiger partial charge in [0.15, 0.2) is 0 Å². The number of carbonyl (C=O) groups is 1. The molecule has 1 saturated heterocycles. The van der Waals surface area contributed by atoms with Gasteiger partial charge in [0.05, 0.1) is 18.8 Å². The third-order valence-electron chi connectivity index (χ3n) is 4.61. The van der Waals surface area contributed by atoms with E-state index in [1.54, 1.807) is 0 Å². The third-order valence-corrected chi connectivity index (χ3v) is 4.61. The molecule has 156 valence electrons. The quantitative estimate of drug-likeness (QED) is 0.817. The number of aryl methyl sites for hydroxylation is 2. The van der Waals surface area contributed by atoms with Crippen LogP contribution < -0.4 is 0 Å². The van der Waals surface area contributed by atoms with Crippen LogP contribution in [0, 0.1) is 0 Å². The number of alkyl halides is 3. The number of hydrogen-bond donors (Lipinski definition) is 1. The summed E-state index contributed by atoms with van der Waals surface area (Å²) >= 11 is 0. The molecule has 3 rings (SSSR count). The van der Waals surface area contributed by atoms with Crippen LogP contribution in [0.15, 0.2) is 24.8 Å². The smallest absolute Gasteiger partial charge is 0.475 e. The number of aromatic nitrogens is 4. The minimum absolute atomic E-state index is 0.283. The molecule has 8 nitrogen and oxygen atoms in total. The highest BCUT2D eigenvalue weighted by Crippen LogP contribution is 2.25. The van der Waals surface area contributed by atoms with Crippen molar-refractivity contribution in [2.75, 3.05) is 13.7 Å². The Labute approximate surface area is 160 Å². The first-order valence-electron chi connectivity index (χ1n) is 8.62. The van der Waals surface area contributed by atoms with Crippen LogP contribution in [-0.2, 0) is 36.6 Å². The highest BCUT2D eigenvalue weighted by Gasteiger charge is 2.38. The van der Waals surface area contributed by atoms with Crippen molar-refractivity contribution in [2.24, 2.45) is 14.1 Å². The second-order valence-corrected chi connectivity index (χ2v) is 6.58. The predicted octanol–water partition coefficient (Wildman–Crippen LogP) is 1.62. The molecular formula is C17H24F3N5O3. The summed E-state index contributed by atoms with van der Waals surface area (Å²) in [4.78, 5) is 15.8. The summed E-state index contributed by atoms with van der Waals surface area (Å²) in [6.07, 6.45) is 5.13. The fraction of sp³-hybridized carbons (Fsp3) is 0.588. The van der Waals surface area contributed by atoms with Crippen LogP contribution in [0.4, 0.5) is 13.2 Å². The number of aliphatic carboxylic acids is 1. The number of rotatable bonds is 5. The molecule has 28 heavy (non-hydrogen) atoms. The average Bonchev–Trinajstić information content (AvgIpc) is 3.31. The third kappa shape index (κ3) is 5.80. The molecular weight excluding hydrogens is 379 g/mol. The first-order chi connectivity index (χ1) is 13.1. The highest BCUT2D eigenvalue weighted by molar-refractivity contribution is 5.73. The van der Waals surface area contributed by atoms with Crippen LogP contribution in [-0.4, -0.2) is 67.3 Å². The Kier molecular flexibility index (Phi) is 7.19. The van der Waals surface area contributed by atoms with Gasteiger partial charge in [0.25, 0.3) is 0 Å². The number of imidazole rings is 1. The molecule has 11 heteroatoms. The van der Waals surface area contributed by atoms with Crippen molar-refractivity contribution in [2.45, 2.75) is 37.7 Å². The lowest BCUT2D eigenvalue weighted by molar-refractivity contribution is -0.192. The van der Waals surface area contributed by atoms with Crippen molar-refractivity contribution in [3.05, 3.63) is 36.2 Å². The van der Waals surface area contributed by atoms with Crippen molar-refractivity contribution < 1.29 is 27.8 Å². The lowest BCUT2D eigenvalue weighted by Crippen LogP contribution is -2.37. The molecule has 2 aromatic rings. The van der Waals surface area contributed by atoms with Crippen LogP contribution in [0.3, 0.4) is 0 Å². The number of carboxylic acids is 1. The molecule has 0 spiro atoms. The van der Waals surface area contributed by atoms with Gasteiger partial charge in [-0.1, -0.05) is 0 Å². The molecule has 0 aliphatic carbocycles. The molecule has 0 bridgehead atoms. The minimum Gasteiger partial charge on any atom is -0.475 e. The van der Waals surface area contributed by atoms with Gasteiger partial charge in [0.2, 0.25) is 0 Å². The number of methoxy groups -OCH3 is 1. The summed E-state index contributed by atoms with van der Waals surface area (Å²) in [5.74, 6) is -1.66. The van der Waals surface area contributed by atoms with E-state index in [1.165, 1.54) is 5.56 Å². The largest absolute Gasteiger partial charge is 0.490 e. The molecule has 1 fully saturated rings. The van der Waals surface area contributed by atoms with Gasteiger partial charge in [-0.15, -0.1) is 0 Å². The topological polar surface area (TPSA) is 85.4 Å². The fourth-order valence-electron chi connectivity index (χ4n) is 3.17. The summed E-state index contributed by atoms with van der Waals surface area (Å²) in [5, 5.41) is 11.4. The Morgan fingerprint density at radius 2 is 2.07 bits per heavy atom. The number of halogens is 3. The van der Waals surface area contributed by atoms with Crippen LogP contribution in [0.25, 0.3) is 0 Å². The second kappa shape index (κ2) is 9.20. The predicted molar refractivity (Wildman–Crippen MR) is 93.4 cm³/mol. The molecule has 2 atom stereocenters. The number of likely N-dealkylation sites (tertiary alicyclic amines) is 1. The van der Waals surface area contributed by atoms with E-state index < -0.39 is 12.1 Å². The summed E-state index contributed by atoms with van der Waals surface area (Å²) in [6.45, 7) is 1.92. The van der Waals surface area contributed by atoms with Gasteiger partial charge in [-0.2, -0.15) is 18.3 Å². The number of carboxylic acid groups (broad SMARTS) is 1. The molecule has 0 aromatic carbocycles. The molecule has 0 amide bonds. The van der Waals surface area contributed by atoms with E-state index in [-0.39, 0.29) is 6.10 Å². The first-order valence-corrected chi connectivity index (χ1v) is 8.62. The Hall–Kier alpha value is -2.40. The maximum Gasteiger partial charge on any atom is 0.490 e. The van der Waals surface area contributed by atoms with Crippen LogP contribution in [0.5, 0.6) is 0 Å². The summed E-state index contributed by atoms with van der Waals surface area (Å²) < 4.78 is 41.4. The van der Waals surface area contributed by atoms with Crippen molar-refractivity contribution in [3.8, 4) is 0 Å². The van der Waals surface area contributed by atoms with E-state index in [2.05, 4.69) is 25.7 Å². The zero-order valence-corrected chi connectivity index (χ0v) is 15.9. The molecule has 2 aromatic heterocycles. The Balaban J connectivity index is 0.000000345. The first kappa shape index (κ1) is 21.9. The maximum absolute atomic E-state index is 10.6. The highest BCUT2D eigenvalue weighted by atomic mass is 19.4. The summed E-state index contributed by atoms with van der Waals surface area (Å²) in [7, 11) is 5.81. The van der Waals surface area contributed by atoms with Crippen molar-refractivity contribution >= 4 is 5.97 Å². The Morgan fingerprint density at radius 3 is 2.54 bits per heavy atom. The van der Waals surface area contributed by atoms with Gasteiger partial charge in [0.1, 0.15) is 5.82 Å². The van der Waals surface area contributed by atoms with Gasteiger partial charge in [0, 0.05) is 52.4 Å². The maximum atomic E-state index is 10.6. The molecule has 0 unspecified atom stereocenters. The van der Waals surface area contributed by atoms with Crippen LogP contribution >= 0.6 is 0 Å². The van der Waals surface area contributed by atoms with E-state index in [4.69, 9.17) is 14.6 Å². The van der Waals surface area contributed by atoms with Crippen LogP contribution in [0.2, 0.25) is 0 Å². The van der Waals surface area contributed by atoms with Crippen molar-refractivity contribution in [1.82, 2.24) is 24.2 Å². The van der Waals surface area contributed by atoms with Gasteiger partial charge in [-0.25, -0.2) is 9.78 Å². The lowest BCUT2D eigenvalue weighted by Gasteiger charge is -2.27. The molecule has 3 heterocycles. The number of ether oxygens (including phenoxy) is 1. The zero-order valence-electron chi connectivity index (χ0n) is 15.9. The van der Waals surface area contributed by atoms with Gasteiger partial charge in [-0.05, 0) is 18.4 Å². The van der Waals surface area contributed by atoms with Gasteiger partial charge in [-0.3, -0.25) is 9.58 Å². The van der Waals surface area contributed by atoms with Crippen molar-refractivity contribution in [3.63, 3.8) is 0 Å².